The molecular weight excluding hydrogens is 198 g/mol. The Balaban J connectivity index is 2.86. The molecule has 0 unspecified atom stereocenters. The molecule has 0 heterocycles. The molecule has 0 aliphatic carbocycles. The van der Waals surface area contributed by atoms with Crippen LogP contribution in [0.3, 0.4) is 0 Å². The smallest absolute Gasteiger partial charge is 0.0696 e. The van der Waals surface area contributed by atoms with Gasteiger partial charge in [0.15, 0.2) is 0 Å². The van der Waals surface area contributed by atoms with E-state index >= 15 is 0 Å². The molecule has 0 aliphatic rings. The first-order valence-electron chi connectivity index (χ1n) is 4.30. The summed E-state index contributed by atoms with van der Waals surface area (Å²) < 4.78 is 0. The average Bonchev–Trinajstić information content (AvgIpc) is 2.21. The van der Waals surface area contributed by atoms with Crippen molar-refractivity contribution in [2.24, 2.45) is 0 Å². The molecule has 1 rings (SSSR count). The van der Waals surface area contributed by atoms with Crippen molar-refractivity contribution >= 4 is 11.6 Å². The predicted octanol–water partition coefficient (Wildman–Crippen LogP) is 1.40. The number of benzene rings is 1. The minimum Gasteiger partial charge on any atom is -0.392 e. The van der Waals surface area contributed by atoms with E-state index in [9.17, 15) is 0 Å². The SMILES string of the molecule is CNCC#Cc1ccc(Cl)c(CO)c1. The number of hydrogen-bond acceptors (Lipinski definition) is 2. The van der Waals surface area contributed by atoms with Gasteiger partial charge in [-0.25, -0.2) is 0 Å². The van der Waals surface area contributed by atoms with Gasteiger partial charge in [-0.3, -0.25) is 0 Å². The van der Waals surface area contributed by atoms with E-state index < -0.39 is 0 Å². The van der Waals surface area contributed by atoms with Crippen molar-refractivity contribution < 1.29 is 5.11 Å². The Bertz CT molecular complexity index is 365. The molecule has 2 nitrogen and oxygen atoms in total. The molecule has 14 heavy (non-hydrogen) atoms. The Labute approximate surface area is 88.9 Å². The van der Waals surface area contributed by atoms with E-state index in [4.69, 9.17) is 16.7 Å². The van der Waals surface area contributed by atoms with E-state index in [0.29, 0.717) is 17.1 Å². The summed E-state index contributed by atoms with van der Waals surface area (Å²) in [5, 5.41) is 12.5. The average molecular weight is 210 g/mol. The van der Waals surface area contributed by atoms with E-state index in [-0.39, 0.29) is 6.61 Å². The lowest BCUT2D eigenvalue weighted by atomic mass is 10.1. The van der Waals surface area contributed by atoms with Gasteiger partial charge in [-0.1, -0.05) is 23.4 Å². The van der Waals surface area contributed by atoms with Crippen LogP contribution in [0.2, 0.25) is 5.02 Å². The number of nitrogens with one attached hydrogen (secondary N) is 1. The minimum absolute atomic E-state index is 0.0552. The molecule has 0 aliphatic heterocycles. The normalized spacial score (nSPS) is 9.36. The van der Waals surface area contributed by atoms with Gasteiger partial charge >= 0.3 is 0 Å². The zero-order chi connectivity index (χ0) is 10.4. The molecule has 0 saturated carbocycles. The highest BCUT2D eigenvalue weighted by Gasteiger charge is 1.98. The summed E-state index contributed by atoms with van der Waals surface area (Å²) in [6.45, 7) is 0.595. The van der Waals surface area contributed by atoms with E-state index in [1.807, 2.05) is 13.1 Å². The van der Waals surface area contributed by atoms with Gasteiger partial charge in [0.05, 0.1) is 13.2 Å². The lowest BCUT2D eigenvalue weighted by Crippen LogP contribution is -2.04. The first kappa shape index (κ1) is 11.1. The number of halogens is 1. The Morgan fingerprint density at radius 2 is 2.29 bits per heavy atom. The summed E-state index contributed by atoms with van der Waals surface area (Å²) in [6.07, 6.45) is 0. The van der Waals surface area contributed by atoms with Crippen LogP contribution in [-0.2, 0) is 6.61 Å². The van der Waals surface area contributed by atoms with Gasteiger partial charge < -0.3 is 10.4 Å². The molecule has 0 amide bonds. The van der Waals surface area contributed by atoms with Crippen LogP contribution in [0, 0.1) is 11.8 Å². The van der Waals surface area contributed by atoms with Crippen molar-refractivity contribution in [1.82, 2.24) is 5.32 Å². The summed E-state index contributed by atoms with van der Waals surface area (Å²) in [6, 6.07) is 5.38. The first-order chi connectivity index (χ1) is 6.77. The van der Waals surface area contributed by atoms with Crippen molar-refractivity contribution in [3.8, 4) is 11.8 Å². The summed E-state index contributed by atoms with van der Waals surface area (Å²) in [4.78, 5) is 0. The molecule has 0 aromatic heterocycles. The zero-order valence-electron chi connectivity index (χ0n) is 7.97. The second kappa shape index (κ2) is 5.66. The van der Waals surface area contributed by atoms with Gasteiger partial charge in [-0.15, -0.1) is 0 Å². The molecule has 0 bridgehead atoms. The fourth-order valence-electron chi connectivity index (χ4n) is 1.01. The van der Waals surface area contributed by atoms with E-state index in [1.165, 1.54) is 0 Å². The fourth-order valence-corrected chi connectivity index (χ4v) is 1.19. The maximum Gasteiger partial charge on any atom is 0.0696 e. The molecule has 74 valence electrons. The third-order valence-corrected chi connectivity index (χ3v) is 2.08. The van der Waals surface area contributed by atoms with E-state index in [1.54, 1.807) is 12.1 Å². The lowest BCUT2D eigenvalue weighted by molar-refractivity contribution is 0.282. The Morgan fingerprint density at radius 3 is 2.93 bits per heavy atom. The van der Waals surface area contributed by atoms with Gasteiger partial charge in [0.1, 0.15) is 0 Å². The van der Waals surface area contributed by atoms with Crippen molar-refractivity contribution in [2.45, 2.75) is 6.61 Å². The molecule has 1 aromatic rings. The van der Waals surface area contributed by atoms with Gasteiger partial charge in [0.25, 0.3) is 0 Å². The summed E-state index contributed by atoms with van der Waals surface area (Å²) in [5.41, 5.74) is 1.58. The molecule has 0 spiro atoms. The molecule has 0 saturated heterocycles. The minimum atomic E-state index is -0.0552. The van der Waals surface area contributed by atoms with Crippen LogP contribution >= 0.6 is 11.6 Å². The van der Waals surface area contributed by atoms with Crippen molar-refractivity contribution in [1.29, 1.82) is 0 Å². The topological polar surface area (TPSA) is 32.3 Å². The predicted molar refractivity (Wildman–Crippen MR) is 58.2 cm³/mol. The third kappa shape index (κ3) is 3.04. The molecule has 1 aromatic carbocycles. The molecule has 3 heteroatoms. The van der Waals surface area contributed by atoms with Gasteiger partial charge in [-0.2, -0.15) is 0 Å². The zero-order valence-corrected chi connectivity index (χ0v) is 8.73. The van der Waals surface area contributed by atoms with Gasteiger partial charge in [-0.05, 0) is 30.8 Å². The molecule has 0 atom stereocenters. The maximum atomic E-state index is 8.97. The van der Waals surface area contributed by atoms with Gasteiger partial charge in [0.2, 0.25) is 0 Å². The van der Waals surface area contributed by atoms with Crippen molar-refractivity contribution in [2.75, 3.05) is 13.6 Å². The highest BCUT2D eigenvalue weighted by Crippen LogP contribution is 2.16. The Morgan fingerprint density at radius 1 is 1.50 bits per heavy atom. The number of rotatable bonds is 2. The van der Waals surface area contributed by atoms with Gasteiger partial charge in [0, 0.05) is 10.6 Å². The highest BCUT2D eigenvalue weighted by molar-refractivity contribution is 6.31. The number of aliphatic hydroxyl groups excluding tert-OH is 1. The van der Waals surface area contributed by atoms with Crippen LogP contribution in [0.1, 0.15) is 11.1 Å². The lowest BCUT2D eigenvalue weighted by Gasteiger charge is -1.99. The number of hydrogen-bond donors (Lipinski definition) is 2. The van der Waals surface area contributed by atoms with E-state index in [0.717, 1.165) is 5.56 Å². The second-order valence-corrected chi connectivity index (χ2v) is 3.20. The highest BCUT2D eigenvalue weighted by atomic mass is 35.5. The standard InChI is InChI=1S/C11H12ClNO/c1-13-6-2-3-9-4-5-11(12)10(7-9)8-14/h4-5,7,13-14H,6,8H2,1H3. The van der Waals surface area contributed by atoms with Crippen LogP contribution in [0.15, 0.2) is 18.2 Å². The summed E-state index contributed by atoms with van der Waals surface area (Å²) in [5.74, 6) is 5.90. The number of aliphatic hydroxyl groups is 1. The Kier molecular flexibility index (Phi) is 4.48. The summed E-state index contributed by atoms with van der Waals surface area (Å²) >= 11 is 5.84. The largest absolute Gasteiger partial charge is 0.392 e. The quantitative estimate of drug-likeness (QED) is 0.722. The van der Waals surface area contributed by atoms with E-state index in [2.05, 4.69) is 17.2 Å². The third-order valence-electron chi connectivity index (χ3n) is 1.71. The van der Waals surface area contributed by atoms with Crippen molar-refractivity contribution in [3.63, 3.8) is 0 Å². The van der Waals surface area contributed by atoms with Crippen LogP contribution in [0.25, 0.3) is 0 Å². The van der Waals surface area contributed by atoms with Crippen LogP contribution < -0.4 is 5.32 Å². The fraction of sp³-hybridized carbons (Fsp3) is 0.273. The molecular formula is C11H12ClNO. The van der Waals surface area contributed by atoms with Crippen molar-refractivity contribution in [3.05, 3.63) is 34.3 Å². The monoisotopic (exact) mass is 209 g/mol. The second-order valence-electron chi connectivity index (χ2n) is 2.80. The Hall–Kier alpha value is -1.01. The van der Waals surface area contributed by atoms with Crippen LogP contribution in [0.5, 0.6) is 0 Å². The first-order valence-corrected chi connectivity index (χ1v) is 4.68. The molecule has 0 fully saturated rings. The maximum absolute atomic E-state index is 8.97. The summed E-state index contributed by atoms with van der Waals surface area (Å²) in [7, 11) is 1.84. The van der Waals surface area contributed by atoms with Crippen LogP contribution in [0.4, 0.5) is 0 Å². The van der Waals surface area contributed by atoms with Crippen LogP contribution in [-0.4, -0.2) is 18.7 Å². The molecule has 0 radical (unpaired) electrons. The molecule has 2 N–H and O–H groups in total.